The molecule has 0 bridgehead atoms. The molecule has 1 saturated heterocycles. The van der Waals surface area contributed by atoms with E-state index < -0.39 is 0 Å². The molecule has 1 N–H and O–H groups in total. The maximum Gasteiger partial charge on any atom is 0.0702 e. The van der Waals surface area contributed by atoms with Gasteiger partial charge in [-0.2, -0.15) is 0 Å². The molecule has 0 unspecified atom stereocenters. The first kappa shape index (κ1) is 7.94. The van der Waals surface area contributed by atoms with Crippen molar-refractivity contribution < 1.29 is 0 Å². The topological polar surface area (TPSA) is 24.9 Å². The lowest BCUT2D eigenvalue weighted by molar-refractivity contribution is 0.448. The van der Waals surface area contributed by atoms with Crippen molar-refractivity contribution in [3.8, 4) is 0 Å². The van der Waals surface area contributed by atoms with Crippen LogP contribution < -0.4 is 5.32 Å². The Hall–Kier alpha value is -1.41. The maximum atomic E-state index is 4.46. The van der Waals surface area contributed by atoms with E-state index in [0.717, 1.165) is 18.6 Å². The summed E-state index contributed by atoms with van der Waals surface area (Å²) >= 11 is 0. The first-order valence-corrected chi connectivity index (χ1v) is 4.99. The Morgan fingerprint density at radius 1 is 1.21 bits per heavy atom. The molecule has 0 saturated carbocycles. The Balaban J connectivity index is 2.10. The maximum absolute atomic E-state index is 4.46. The molecule has 3 rings (SSSR count). The molecule has 0 amide bonds. The average molecular weight is 184 g/mol. The Morgan fingerprint density at radius 3 is 2.86 bits per heavy atom. The van der Waals surface area contributed by atoms with E-state index in [0.29, 0.717) is 5.92 Å². The van der Waals surface area contributed by atoms with Gasteiger partial charge < -0.3 is 5.32 Å². The highest BCUT2D eigenvalue weighted by atomic mass is 14.9. The van der Waals surface area contributed by atoms with Crippen LogP contribution in [0.1, 0.15) is 11.5 Å². The number of benzene rings is 1. The van der Waals surface area contributed by atoms with Crippen molar-refractivity contribution in [2.24, 2.45) is 0 Å². The molecule has 1 aromatic carbocycles. The number of pyridine rings is 1. The smallest absolute Gasteiger partial charge is 0.0702 e. The predicted octanol–water partition coefficient (Wildman–Crippen LogP) is 1.92. The fourth-order valence-corrected chi connectivity index (χ4v) is 1.84. The van der Waals surface area contributed by atoms with Crippen LogP contribution in [0.2, 0.25) is 0 Å². The average Bonchev–Trinajstić information content (AvgIpc) is 2.15. The zero-order chi connectivity index (χ0) is 9.38. The molecule has 0 atom stereocenters. The fraction of sp³-hybridized carbons (Fsp3) is 0.250. The SMILES string of the molecule is c1ccc2ncc(C3CNC3)cc2c1. The highest BCUT2D eigenvalue weighted by Crippen LogP contribution is 2.22. The lowest BCUT2D eigenvalue weighted by atomic mass is 9.94. The first-order valence-electron chi connectivity index (χ1n) is 4.99. The minimum absolute atomic E-state index is 0.673. The van der Waals surface area contributed by atoms with Crippen molar-refractivity contribution in [1.82, 2.24) is 10.3 Å². The Kier molecular flexibility index (Phi) is 1.74. The van der Waals surface area contributed by atoms with Gasteiger partial charge in [0.15, 0.2) is 0 Å². The molecule has 1 aliphatic rings. The van der Waals surface area contributed by atoms with Crippen LogP contribution in [0.3, 0.4) is 0 Å². The summed E-state index contributed by atoms with van der Waals surface area (Å²) in [5.74, 6) is 0.673. The molecule has 1 fully saturated rings. The summed E-state index contributed by atoms with van der Waals surface area (Å²) in [6.45, 7) is 2.19. The highest BCUT2D eigenvalue weighted by molar-refractivity contribution is 5.78. The van der Waals surface area contributed by atoms with Crippen molar-refractivity contribution in [3.05, 3.63) is 42.1 Å². The van der Waals surface area contributed by atoms with Crippen LogP contribution in [0.25, 0.3) is 10.9 Å². The summed E-state index contributed by atoms with van der Waals surface area (Å²) in [6, 6.07) is 10.5. The molecule has 0 radical (unpaired) electrons. The first-order chi connectivity index (χ1) is 6.93. The standard InChI is InChI=1S/C12H12N2/c1-2-4-12-9(3-1)5-10(8-14-12)11-6-13-7-11/h1-5,8,11,13H,6-7H2. The molecule has 2 nitrogen and oxygen atoms in total. The third kappa shape index (κ3) is 1.19. The van der Waals surface area contributed by atoms with E-state index in [9.17, 15) is 0 Å². The molecular formula is C12H12N2. The summed E-state index contributed by atoms with van der Waals surface area (Å²) in [5, 5.41) is 4.53. The van der Waals surface area contributed by atoms with E-state index in [1.165, 1.54) is 10.9 Å². The van der Waals surface area contributed by atoms with E-state index >= 15 is 0 Å². The number of fused-ring (bicyclic) bond motifs is 1. The van der Waals surface area contributed by atoms with Gasteiger partial charge in [-0.1, -0.05) is 18.2 Å². The Labute approximate surface area is 83.0 Å². The summed E-state index contributed by atoms with van der Waals surface area (Å²) in [7, 11) is 0. The van der Waals surface area contributed by atoms with Crippen molar-refractivity contribution in [3.63, 3.8) is 0 Å². The van der Waals surface area contributed by atoms with Crippen molar-refractivity contribution in [1.29, 1.82) is 0 Å². The van der Waals surface area contributed by atoms with Crippen LogP contribution in [0.15, 0.2) is 36.5 Å². The Bertz CT molecular complexity index is 461. The van der Waals surface area contributed by atoms with Gasteiger partial charge in [-0.05, 0) is 17.7 Å². The molecule has 2 aromatic rings. The van der Waals surface area contributed by atoms with Crippen molar-refractivity contribution in [2.75, 3.05) is 13.1 Å². The highest BCUT2D eigenvalue weighted by Gasteiger charge is 2.18. The molecule has 0 spiro atoms. The van der Waals surface area contributed by atoms with E-state index in [1.807, 2.05) is 12.3 Å². The minimum Gasteiger partial charge on any atom is -0.315 e. The van der Waals surface area contributed by atoms with Crippen molar-refractivity contribution in [2.45, 2.75) is 5.92 Å². The predicted molar refractivity (Wildman–Crippen MR) is 57.4 cm³/mol. The minimum atomic E-state index is 0.673. The van der Waals surface area contributed by atoms with Crippen LogP contribution in [-0.2, 0) is 0 Å². The monoisotopic (exact) mass is 184 g/mol. The van der Waals surface area contributed by atoms with Gasteiger partial charge >= 0.3 is 0 Å². The lowest BCUT2D eigenvalue weighted by Gasteiger charge is -2.27. The van der Waals surface area contributed by atoms with Crippen LogP contribution in [0, 0.1) is 0 Å². The van der Waals surface area contributed by atoms with E-state index in [1.54, 1.807) is 0 Å². The summed E-state index contributed by atoms with van der Waals surface area (Å²) in [5.41, 5.74) is 2.45. The molecule has 1 aromatic heterocycles. The van der Waals surface area contributed by atoms with Gasteiger partial charge in [0.25, 0.3) is 0 Å². The Morgan fingerprint density at radius 2 is 2.07 bits per heavy atom. The van der Waals surface area contributed by atoms with Gasteiger partial charge in [0.05, 0.1) is 5.52 Å². The van der Waals surface area contributed by atoms with Crippen LogP contribution >= 0.6 is 0 Å². The van der Waals surface area contributed by atoms with Gasteiger partial charge in [0.1, 0.15) is 0 Å². The normalized spacial score (nSPS) is 16.9. The number of nitrogens with one attached hydrogen (secondary N) is 1. The molecular weight excluding hydrogens is 172 g/mol. The number of hydrogen-bond acceptors (Lipinski definition) is 2. The largest absolute Gasteiger partial charge is 0.315 e. The van der Waals surface area contributed by atoms with Gasteiger partial charge in [-0.25, -0.2) is 0 Å². The third-order valence-electron chi connectivity index (χ3n) is 2.86. The van der Waals surface area contributed by atoms with E-state index in [4.69, 9.17) is 0 Å². The van der Waals surface area contributed by atoms with Gasteiger partial charge in [-0.15, -0.1) is 0 Å². The molecule has 2 heteroatoms. The second-order valence-corrected chi connectivity index (χ2v) is 3.82. The lowest BCUT2D eigenvalue weighted by Crippen LogP contribution is -2.39. The van der Waals surface area contributed by atoms with Crippen LogP contribution in [-0.4, -0.2) is 18.1 Å². The second-order valence-electron chi connectivity index (χ2n) is 3.82. The summed E-state index contributed by atoms with van der Waals surface area (Å²) in [6.07, 6.45) is 2.01. The zero-order valence-corrected chi connectivity index (χ0v) is 7.90. The third-order valence-corrected chi connectivity index (χ3v) is 2.86. The number of para-hydroxylation sites is 1. The van der Waals surface area contributed by atoms with E-state index in [2.05, 4.69) is 34.6 Å². The van der Waals surface area contributed by atoms with E-state index in [-0.39, 0.29) is 0 Å². The second kappa shape index (κ2) is 3.07. The molecule has 1 aliphatic heterocycles. The van der Waals surface area contributed by atoms with Crippen LogP contribution in [0.5, 0.6) is 0 Å². The number of rotatable bonds is 1. The van der Waals surface area contributed by atoms with Gasteiger partial charge in [-0.3, -0.25) is 4.98 Å². The van der Waals surface area contributed by atoms with Gasteiger partial charge in [0.2, 0.25) is 0 Å². The zero-order valence-electron chi connectivity index (χ0n) is 7.90. The number of aromatic nitrogens is 1. The quantitative estimate of drug-likeness (QED) is 0.732. The molecule has 0 aliphatic carbocycles. The summed E-state index contributed by atoms with van der Waals surface area (Å²) in [4.78, 5) is 4.46. The molecule has 70 valence electrons. The molecule has 2 heterocycles. The van der Waals surface area contributed by atoms with Crippen molar-refractivity contribution >= 4 is 10.9 Å². The number of nitrogens with zero attached hydrogens (tertiary/aromatic N) is 1. The summed E-state index contributed by atoms with van der Waals surface area (Å²) < 4.78 is 0. The van der Waals surface area contributed by atoms with Gasteiger partial charge in [0, 0.05) is 30.6 Å². The molecule has 14 heavy (non-hydrogen) atoms. The van der Waals surface area contributed by atoms with Crippen LogP contribution in [0.4, 0.5) is 0 Å². The number of hydrogen-bond donors (Lipinski definition) is 1. The fourth-order valence-electron chi connectivity index (χ4n) is 1.84.